The lowest BCUT2D eigenvalue weighted by atomic mass is 9.81. The molecular formula is C6H7BO2. The molecule has 1 aromatic rings. The molecule has 0 atom stereocenters. The molecule has 0 radical (unpaired) electrons. The van der Waals surface area contributed by atoms with Crippen LogP contribution in [0.5, 0.6) is 0 Å². The molecule has 0 unspecified atom stereocenters. The summed E-state index contributed by atoms with van der Waals surface area (Å²) in [6.45, 7) is 0. The van der Waals surface area contributed by atoms with Crippen LogP contribution in [0.3, 0.4) is 0 Å². The van der Waals surface area contributed by atoms with E-state index in [1.165, 1.54) is 0 Å². The molecule has 0 aliphatic heterocycles. The minimum absolute atomic E-state index is 0.217. The standard InChI is InChI=1S/C6H7BO2/c8-7(9)6-4-2-1-3-5-6/h1-5,8-9H/i1D,2D,3D,4D. The Kier molecular flexibility index (Phi) is 0.846. The Morgan fingerprint density at radius 1 is 1.33 bits per heavy atom. The monoisotopic (exact) mass is 126 g/mol. The largest absolute Gasteiger partial charge is 0.488 e. The zero-order chi connectivity index (χ0) is 10.2. The molecule has 46 valence electrons. The molecule has 2 N–H and O–H groups in total. The lowest BCUT2D eigenvalue weighted by Gasteiger charge is -1.94. The number of hydrogen-bond donors (Lipinski definition) is 2. The molecule has 0 fully saturated rings. The highest BCUT2D eigenvalue weighted by molar-refractivity contribution is 6.58. The Balaban J connectivity index is 3.41. The molecule has 0 aliphatic carbocycles. The second-order valence-corrected chi connectivity index (χ2v) is 1.49. The van der Waals surface area contributed by atoms with E-state index in [1.54, 1.807) is 0 Å². The molecule has 0 saturated heterocycles. The van der Waals surface area contributed by atoms with E-state index in [9.17, 15) is 0 Å². The fraction of sp³-hybridized carbons (Fsp3) is 0. The lowest BCUT2D eigenvalue weighted by Crippen LogP contribution is -2.29. The first-order valence-corrected chi connectivity index (χ1v) is 2.38. The van der Waals surface area contributed by atoms with Crippen molar-refractivity contribution < 1.29 is 15.5 Å². The predicted molar refractivity (Wildman–Crippen MR) is 36.3 cm³/mol. The van der Waals surface area contributed by atoms with Gasteiger partial charge >= 0.3 is 7.12 Å². The molecule has 3 heteroatoms. The van der Waals surface area contributed by atoms with Crippen molar-refractivity contribution in [1.82, 2.24) is 0 Å². The summed E-state index contributed by atoms with van der Waals surface area (Å²) in [4.78, 5) is 0. The zero-order valence-corrected chi connectivity index (χ0v) is 4.55. The smallest absolute Gasteiger partial charge is 0.423 e. The van der Waals surface area contributed by atoms with E-state index >= 15 is 0 Å². The molecule has 9 heavy (non-hydrogen) atoms. The van der Waals surface area contributed by atoms with Gasteiger partial charge in [0.1, 0.15) is 0 Å². The van der Waals surface area contributed by atoms with Gasteiger partial charge < -0.3 is 10.0 Å². The van der Waals surface area contributed by atoms with E-state index in [0.29, 0.717) is 0 Å². The Morgan fingerprint density at radius 3 is 2.78 bits per heavy atom. The van der Waals surface area contributed by atoms with Gasteiger partial charge in [-0.2, -0.15) is 0 Å². The fourth-order valence-electron chi connectivity index (χ4n) is 0.429. The molecule has 0 aromatic heterocycles. The zero-order valence-electron chi connectivity index (χ0n) is 8.55. The minimum Gasteiger partial charge on any atom is -0.423 e. The summed E-state index contributed by atoms with van der Waals surface area (Å²) < 4.78 is 28.8. The second-order valence-electron chi connectivity index (χ2n) is 1.49. The van der Waals surface area contributed by atoms with Gasteiger partial charge in [0.25, 0.3) is 0 Å². The highest BCUT2D eigenvalue weighted by atomic mass is 16.4. The van der Waals surface area contributed by atoms with Crippen LogP contribution in [0.25, 0.3) is 0 Å². The van der Waals surface area contributed by atoms with E-state index in [-0.39, 0.29) is 17.5 Å². The van der Waals surface area contributed by atoms with E-state index in [2.05, 4.69) is 0 Å². The van der Waals surface area contributed by atoms with Crippen molar-refractivity contribution in [2.45, 2.75) is 0 Å². The van der Waals surface area contributed by atoms with E-state index in [4.69, 9.17) is 15.5 Å². The summed E-state index contributed by atoms with van der Waals surface area (Å²) in [5.74, 6) is 0. The Hall–Kier alpha value is -0.795. The Bertz CT molecular complexity index is 342. The highest BCUT2D eigenvalue weighted by Gasteiger charge is 2.07. The van der Waals surface area contributed by atoms with Gasteiger partial charge in [-0.05, 0) is 5.46 Å². The van der Waals surface area contributed by atoms with E-state index in [1.807, 2.05) is 0 Å². The number of benzene rings is 1. The van der Waals surface area contributed by atoms with Crippen molar-refractivity contribution in [3.63, 3.8) is 0 Å². The third-order valence-corrected chi connectivity index (χ3v) is 0.847. The molecule has 2 nitrogen and oxygen atoms in total. The molecule has 0 amide bonds. The van der Waals surface area contributed by atoms with Gasteiger partial charge in [-0.1, -0.05) is 30.2 Å². The van der Waals surface area contributed by atoms with Crippen molar-refractivity contribution >= 4 is 12.6 Å². The van der Waals surface area contributed by atoms with Gasteiger partial charge in [-0.15, -0.1) is 0 Å². The van der Waals surface area contributed by atoms with Gasteiger partial charge in [0.2, 0.25) is 0 Å². The average molecular weight is 126 g/mol. The maximum Gasteiger partial charge on any atom is 0.488 e. The van der Waals surface area contributed by atoms with Gasteiger partial charge in [-0.25, -0.2) is 0 Å². The summed E-state index contributed by atoms with van der Waals surface area (Å²) in [5.41, 5.74) is -0.217. The van der Waals surface area contributed by atoms with Crippen LogP contribution in [0.2, 0.25) is 0 Å². The van der Waals surface area contributed by atoms with Crippen LogP contribution in [0, 0.1) is 0 Å². The van der Waals surface area contributed by atoms with Crippen LogP contribution < -0.4 is 5.46 Å². The molecule has 0 heterocycles. The lowest BCUT2D eigenvalue weighted by molar-refractivity contribution is 0.426. The first-order chi connectivity index (χ1) is 5.95. The van der Waals surface area contributed by atoms with E-state index in [0.717, 1.165) is 6.07 Å². The van der Waals surface area contributed by atoms with Crippen LogP contribution >= 0.6 is 0 Å². The maximum atomic E-state index is 8.75. The second kappa shape index (κ2) is 2.66. The molecule has 0 aliphatic rings. The maximum absolute atomic E-state index is 8.75. The molecule has 0 spiro atoms. The van der Waals surface area contributed by atoms with Gasteiger partial charge in [0.15, 0.2) is 0 Å². The van der Waals surface area contributed by atoms with Gasteiger partial charge in [0, 0.05) is 0 Å². The number of rotatable bonds is 1. The summed E-state index contributed by atoms with van der Waals surface area (Å²) >= 11 is 0. The predicted octanol–water partition coefficient (Wildman–Crippen LogP) is -0.634. The molecule has 0 saturated carbocycles. The van der Waals surface area contributed by atoms with Crippen molar-refractivity contribution in [3.8, 4) is 0 Å². The van der Waals surface area contributed by atoms with Crippen molar-refractivity contribution in [2.24, 2.45) is 0 Å². The third kappa shape index (κ3) is 1.55. The summed E-state index contributed by atoms with van der Waals surface area (Å²) in [6, 6.07) is -0.544. The van der Waals surface area contributed by atoms with Crippen LogP contribution in [-0.2, 0) is 0 Å². The SMILES string of the molecule is [2H]c1cc(B(O)O)c([2H])c([2H])c1[2H]. The van der Waals surface area contributed by atoms with Crippen LogP contribution in [-0.4, -0.2) is 17.2 Å². The normalized spacial score (nSPS) is 15.3. The topological polar surface area (TPSA) is 40.5 Å². The Morgan fingerprint density at radius 2 is 2.11 bits per heavy atom. The van der Waals surface area contributed by atoms with E-state index < -0.39 is 19.2 Å². The van der Waals surface area contributed by atoms with Crippen molar-refractivity contribution in [3.05, 3.63) is 30.2 Å². The van der Waals surface area contributed by atoms with Gasteiger partial charge in [0.05, 0.1) is 5.48 Å². The fourth-order valence-corrected chi connectivity index (χ4v) is 0.429. The van der Waals surface area contributed by atoms with Crippen molar-refractivity contribution in [2.75, 3.05) is 0 Å². The quantitative estimate of drug-likeness (QED) is 0.491. The van der Waals surface area contributed by atoms with Crippen LogP contribution in [0.15, 0.2) is 30.2 Å². The van der Waals surface area contributed by atoms with Crippen LogP contribution in [0.4, 0.5) is 0 Å². The Labute approximate surface area is 59.5 Å². The van der Waals surface area contributed by atoms with Gasteiger partial charge in [-0.3, -0.25) is 0 Å². The van der Waals surface area contributed by atoms with Crippen LogP contribution in [0.1, 0.15) is 5.48 Å². The third-order valence-electron chi connectivity index (χ3n) is 0.847. The summed E-state index contributed by atoms with van der Waals surface area (Å²) in [7, 11) is -1.87. The molecule has 1 rings (SSSR count). The van der Waals surface area contributed by atoms with Crippen molar-refractivity contribution in [1.29, 1.82) is 0 Å². The number of hydrogen-bond acceptors (Lipinski definition) is 2. The molecule has 0 bridgehead atoms. The first kappa shape index (κ1) is 2.86. The first-order valence-electron chi connectivity index (χ1n) is 4.38. The molecular weight excluding hydrogens is 115 g/mol. The summed E-state index contributed by atoms with van der Waals surface area (Å²) in [5, 5.41) is 17.5. The average Bonchev–Trinajstić information content (AvgIpc) is 2.07. The highest BCUT2D eigenvalue weighted by Crippen LogP contribution is 1.82. The molecule has 1 aromatic carbocycles. The minimum atomic E-state index is -1.87. The summed E-state index contributed by atoms with van der Waals surface area (Å²) in [6.07, 6.45) is 0.